The van der Waals surface area contributed by atoms with Gasteiger partial charge in [-0.3, -0.25) is 0 Å². The second kappa shape index (κ2) is 4.93. The lowest BCUT2D eigenvalue weighted by atomic mass is 9.67. The molecule has 1 aromatic rings. The smallest absolute Gasteiger partial charge is 0.122 e. The summed E-state index contributed by atoms with van der Waals surface area (Å²) in [4.78, 5) is 0. The van der Waals surface area contributed by atoms with E-state index in [1.165, 1.54) is 43.4 Å². The molecule has 1 aliphatic carbocycles. The van der Waals surface area contributed by atoms with Crippen LogP contribution in [-0.2, 0) is 13.0 Å². The molecule has 0 saturated heterocycles. The first-order valence-electron chi connectivity index (χ1n) is 7.27. The molecule has 0 radical (unpaired) electrons. The van der Waals surface area contributed by atoms with Crippen LogP contribution in [-0.4, -0.2) is 13.2 Å². The van der Waals surface area contributed by atoms with Gasteiger partial charge in [-0.25, -0.2) is 0 Å². The SMILES string of the molecule is CCC1(CNCc2ccc3c(c2)CCO3)CCC1. The molecule has 0 unspecified atom stereocenters. The van der Waals surface area contributed by atoms with Crippen LogP contribution in [0.3, 0.4) is 0 Å². The summed E-state index contributed by atoms with van der Waals surface area (Å²) in [6, 6.07) is 6.61. The van der Waals surface area contributed by atoms with Crippen LogP contribution in [0.1, 0.15) is 43.7 Å². The maximum absolute atomic E-state index is 5.54. The molecule has 18 heavy (non-hydrogen) atoms. The second-order valence-corrected chi connectivity index (χ2v) is 5.85. The largest absolute Gasteiger partial charge is 0.493 e. The van der Waals surface area contributed by atoms with Crippen molar-refractivity contribution in [3.05, 3.63) is 29.3 Å². The molecule has 0 spiro atoms. The van der Waals surface area contributed by atoms with E-state index in [2.05, 4.69) is 30.4 Å². The van der Waals surface area contributed by atoms with Crippen LogP contribution in [0.15, 0.2) is 18.2 Å². The number of benzene rings is 1. The van der Waals surface area contributed by atoms with E-state index < -0.39 is 0 Å². The van der Waals surface area contributed by atoms with Crippen LogP contribution in [0.2, 0.25) is 0 Å². The highest BCUT2D eigenvalue weighted by molar-refractivity contribution is 5.39. The van der Waals surface area contributed by atoms with Crippen LogP contribution in [0.5, 0.6) is 5.75 Å². The van der Waals surface area contributed by atoms with Crippen molar-refractivity contribution in [3.8, 4) is 5.75 Å². The number of ether oxygens (including phenoxy) is 1. The molecule has 2 nitrogen and oxygen atoms in total. The zero-order chi connectivity index (χ0) is 12.4. The molecule has 0 amide bonds. The summed E-state index contributed by atoms with van der Waals surface area (Å²) in [6.07, 6.45) is 6.63. The molecule has 1 aliphatic heterocycles. The highest BCUT2D eigenvalue weighted by Crippen LogP contribution is 2.43. The summed E-state index contributed by atoms with van der Waals surface area (Å²) in [5.41, 5.74) is 3.38. The molecule has 2 heteroatoms. The van der Waals surface area contributed by atoms with E-state index in [0.717, 1.165) is 25.3 Å². The van der Waals surface area contributed by atoms with Gasteiger partial charge in [-0.1, -0.05) is 25.5 Å². The fraction of sp³-hybridized carbons (Fsp3) is 0.625. The normalized spacial score (nSPS) is 20.1. The van der Waals surface area contributed by atoms with Crippen LogP contribution in [0.4, 0.5) is 0 Å². The van der Waals surface area contributed by atoms with Gasteiger partial charge in [-0.15, -0.1) is 0 Å². The van der Waals surface area contributed by atoms with Crippen molar-refractivity contribution < 1.29 is 4.74 Å². The zero-order valence-corrected chi connectivity index (χ0v) is 11.3. The Bertz CT molecular complexity index is 418. The Balaban J connectivity index is 1.54. The van der Waals surface area contributed by atoms with Gasteiger partial charge in [0.1, 0.15) is 5.75 Å². The molecule has 0 atom stereocenters. The highest BCUT2D eigenvalue weighted by Gasteiger charge is 2.34. The molecule has 0 bridgehead atoms. The van der Waals surface area contributed by atoms with E-state index in [-0.39, 0.29) is 0 Å². The van der Waals surface area contributed by atoms with Gasteiger partial charge in [0.15, 0.2) is 0 Å². The molecule has 3 rings (SSSR count). The third kappa shape index (κ3) is 2.26. The van der Waals surface area contributed by atoms with Crippen molar-refractivity contribution in [3.63, 3.8) is 0 Å². The maximum atomic E-state index is 5.54. The Kier molecular flexibility index (Phi) is 3.29. The van der Waals surface area contributed by atoms with Gasteiger partial charge in [0.25, 0.3) is 0 Å². The first-order chi connectivity index (χ1) is 8.81. The fourth-order valence-electron chi connectivity index (χ4n) is 3.15. The van der Waals surface area contributed by atoms with Crippen molar-refractivity contribution in [2.75, 3.05) is 13.2 Å². The van der Waals surface area contributed by atoms with Crippen molar-refractivity contribution in [1.29, 1.82) is 0 Å². The Morgan fingerprint density at radius 1 is 1.33 bits per heavy atom. The molecule has 2 aliphatic rings. The van der Waals surface area contributed by atoms with Crippen molar-refractivity contribution in [1.82, 2.24) is 5.32 Å². The van der Waals surface area contributed by atoms with E-state index in [1.807, 2.05) is 0 Å². The maximum Gasteiger partial charge on any atom is 0.122 e. The zero-order valence-electron chi connectivity index (χ0n) is 11.3. The van der Waals surface area contributed by atoms with Crippen molar-refractivity contribution in [2.24, 2.45) is 5.41 Å². The predicted molar refractivity (Wildman–Crippen MR) is 73.9 cm³/mol. The molecular formula is C16H23NO. The van der Waals surface area contributed by atoms with E-state index in [4.69, 9.17) is 4.74 Å². The second-order valence-electron chi connectivity index (χ2n) is 5.85. The number of fused-ring (bicyclic) bond motifs is 1. The first-order valence-corrected chi connectivity index (χ1v) is 7.27. The number of hydrogen-bond donors (Lipinski definition) is 1. The molecule has 1 heterocycles. The number of nitrogens with one attached hydrogen (secondary N) is 1. The van der Waals surface area contributed by atoms with Gasteiger partial charge >= 0.3 is 0 Å². The van der Waals surface area contributed by atoms with Crippen LogP contribution in [0.25, 0.3) is 0 Å². The van der Waals surface area contributed by atoms with Gasteiger partial charge in [0.05, 0.1) is 6.61 Å². The number of rotatable bonds is 5. The lowest BCUT2D eigenvalue weighted by Gasteiger charge is -2.41. The van der Waals surface area contributed by atoms with E-state index >= 15 is 0 Å². The molecule has 0 aromatic heterocycles. The third-order valence-electron chi connectivity index (χ3n) is 4.75. The molecule has 1 aromatic carbocycles. The molecule has 1 fully saturated rings. The molecular weight excluding hydrogens is 222 g/mol. The minimum Gasteiger partial charge on any atom is -0.493 e. The quantitative estimate of drug-likeness (QED) is 0.859. The summed E-state index contributed by atoms with van der Waals surface area (Å²) in [5.74, 6) is 1.09. The van der Waals surface area contributed by atoms with Crippen LogP contribution in [0, 0.1) is 5.41 Å². The molecule has 98 valence electrons. The standard InChI is InChI=1S/C16H23NO/c1-2-16(7-3-8-16)12-17-11-13-4-5-15-14(10-13)6-9-18-15/h4-5,10,17H,2-3,6-9,11-12H2,1H3. The van der Waals surface area contributed by atoms with E-state index in [0.29, 0.717) is 5.41 Å². The summed E-state index contributed by atoms with van der Waals surface area (Å²) >= 11 is 0. The van der Waals surface area contributed by atoms with Gasteiger partial charge in [0, 0.05) is 19.5 Å². The Morgan fingerprint density at radius 3 is 2.94 bits per heavy atom. The van der Waals surface area contributed by atoms with E-state index in [1.54, 1.807) is 0 Å². The third-order valence-corrected chi connectivity index (χ3v) is 4.75. The van der Waals surface area contributed by atoms with Gasteiger partial charge in [0.2, 0.25) is 0 Å². The lowest BCUT2D eigenvalue weighted by molar-refractivity contribution is 0.124. The Hall–Kier alpha value is -1.02. The van der Waals surface area contributed by atoms with Crippen LogP contribution < -0.4 is 10.1 Å². The molecule has 1 N–H and O–H groups in total. The number of hydrogen-bond acceptors (Lipinski definition) is 2. The fourth-order valence-corrected chi connectivity index (χ4v) is 3.15. The van der Waals surface area contributed by atoms with Crippen molar-refractivity contribution in [2.45, 2.75) is 45.6 Å². The van der Waals surface area contributed by atoms with Crippen LogP contribution >= 0.6 is 0 Å². The van der Waals surface area contributed by atoms with E-state index in [9.17, 15) is 0 Å². The minimum atomic E-state index is 0.611. The summed E-state index contributed by atoms with van der Waals surface area (Å²) in [7, 11) is 0. The first kappa shape index (κ1) is 12.0. The topological polar surface area (TPSA) is 21.3 Å². The Morgan fingerprint density at radius 2 is 2.22 bits per heavy atom. The predicted octanol–water partition coefficient (Wildman–Crippen LogP) is 3.29. The summed E-state index contributed by atoms with van der Waals surface area (Å²) in [5, 5.41) is 3.65. The summed E-state index contributed by atoms with van der Waals surface area (Å²) in [6.45, 7) is 5.35. The molecule has 1 saturated carbocycles. The average molecular weight is 245 g/mol. The monoisotopic (exact) mass is 245 g/mol. The lowest BCUT2D eigenvalue weighted by Crippen LogP contribution is -2.39. The van der Waals surface area contributed by atoms with Gasteiger partial charge in [-0.2, -0.15) is 0 Å². The van der Waals surface area contributed by atoms with Crippen molar-refractivity contribution >= 4 is 0 Å². The van der Waals surface area contributed by atoms with Gasteiger partial charge < -0.3 is 10.1 Å². The Labute approximate surface area is 110 Å². The highest BCUT2D eigenvalue weighted by atomic mass is 16.5. The summed E-state index contributed by atoms with van der Waals surface area (Å²) < 4.78 is 5.54. The minimum absolute atomic E-state index is 0.611. The average Bonchev–Trinajstić information content (AvgIpc) is 2.80. The van der Waals surface area contributed by atoms with Gasteiger partial charge in [-0.05, 0) is 41.9 Å².